The monoisotopic (exact) mass is 367 g/mol. The number of carboxylic acids is 1. The first kappa shape index (κ1) is 17.2. The van der Waals surface area contributed by atoms with Crippen LogP contribution in [0, 0.1) is 5.92 Å². The van der Waals surface area contributed by atoms with Crippen LogP contribution in [0.5, 0.6) is 0 Å². The molecular weight excluding hydrogens is 350 g/mol. The fourth-order valence-corrected chi connectivity index (χ4v) is 4.41. The summed E-state index contributed by atoms with van der Waals surface area (Å²) in [6.07, 6.45) is 0. The molecule has 114 valence electrons. The van der Waals surface area contributed by atoms with Gasteiger partial charge in [-0.05, 0) is 35.7 Å². The van der Waals surface area contributed by atoms with E-state index in [1.165, 1.54) is 4.31 Å². The maximum Gasteiger partial charge on any atom is 0.371 e. The summed E-state index contributed by atoms with van der Waals surface area (Å²) < 4.78 is 31.4. The SMILES string of the molecule is CC(C)CN(C(C)C)S(=O)(=O)c1cc(C(=O)O)oc1Br. The van der Waals surface area contributed by atoms with Gasteiger partial charge in [0.25, 0.3) is 0 Å². The molecule has 0 aromatic carbocycles. The summed E-state index contributed by atoms with van der Waals surface area (Å²) in [5.41, 5.74) is 0. The van der Waals surface area contributed by atoms with Gasteiger partial charge in [-0.2, -0.15) is 4.31 Å². The van der Waals surface area contributed by atoms with Gasteiger partial charge in [0.1, 0.15) is 4.90 Å². The Kier molecular flexibility index (Phi) is 5.39. The highest BCUT2D eigenvalue weighted by Crippen LogP contribution is 2.30. The molecule has 20 heavy (non-hydrogen) atoms. The summed E-state index contributed by atoms with van der Waals surface area (Å²) in [6, 6.07) is 0.787. The van der Waals surface area contributed by atoms with Gasteiger partial charge in [-0.15, -0.1) is 0 Å². The zero-order chi connectivity index (χ0) is 15.7. The summed E-state index contributed by atoms with van der Waals surface area (Å²) in [7, 11) is -3.81. The molecule has 8 heteroatoms. The third-order valence-corrected chi connectivity index (χ3v) is 5.47. The van der Waals surface area contributed by atoms with E-state index in [-0.39, 0.29) is 21.5 Å². The Hall–Kier alpha value is -0.860. The molecule has 0 aliphatic heterocycles. The first-order valence-electron chi connectivity index (χ1n) is 6.11. The first-order chi connectivity index (χ1) is 9.07. The third-order valence-electron chi connectivity index (χ3n) is 2.57. The maximum absolute atomic E-state index is 12.6. The molecule has 0 atom stereocenters. The van der Waals surface area contributed by atoms with Gasteiger partial charge in [-0.25, -0.2) is 13.2 Å². The number of furan rings is 1. The smallest absolute Gasteiger partial charge is 0.371 e. The van der Waals surface area contributed by atoms with Gasteiger partial charge >= 0.3 is 5.97 Å². The largest absolute Gasteiger partial charge is 0.475 e. The molecule has 0 bridgehead atoms. The van der Waals surface area contributed by atoms with Crippen molar-refractivity contribution in [2.75, 3.05) is 6.54 Å². The molecule has 0 radical (unpaired) electrons. The fourth-order valence-electron chi connectivity index (χ4n) is 1.71. The van der Waals surface area contributed by atoms with Crippen molar-refractivity contribution >= 4 is 31.9 Å². The van der Waals surface area contributed by atoms with E-state index < -0.39 is 21.8 Å². The molecular formula is C12H18BrNO5S. The minimum atomic E-state index is -3.81. The van der Waals surface area contributed by atoms with Gasteiger partial charge in [-0.1, -0.05) is 13.8 Å². The van der Waals surface area contributed by atoms with Crippen LogP contribution >= 0.6 is 15.9 Å². The topological polar surface area (TPSA) is 87.8 Å². The van der Waals surface area contributed by atoms with Crippen molar-refractivity contribution in [3.8, 4) is 0 Å². The molecule has 0 aliphatic carbocycles. The molecule has 1 aromatic heterocycles. The first-order valence-corrected chi connectivity index (χ1v) is 8.35. The normalized spacial score (nSPS) is 12.6. The molecule has 1 N–H and O–H groups in total. The van der Waals surface area contributed by atoms with Crippen LogP contribution in [0.3, 0.4) is 0 Å². The third kappa shape index (κ3) is 3.62. The summed E-state index contributed by atoms with van der Waals surface area (Å²) >= 11 is 2.97. The molecule has 0 fully saturated rings. The zero-order valence-electron chi connectivity index (χ0n) is 11.8. The number of sulfonamides is 1. The van der Waals surface area contributed by atoms with E-state index in [1.807, 2.05) is 13.8 Å². The molecule has 6 nitrogen and oxygen atoms in total. The van der Waals surface area contributed by atoms with Gasteiger partial charge in [0.05, 0.1) is 0 Å². The lowest BCUT2D eigenvalue weighted by Crippen LogP contribution is -2.39. The van der Waals surface area contributed by atoms with E-state index >= 15 is 0 Å². The van der Waals surface area contributed by atoms with Crippen LogP contribution in [0.4, 0.5) is 0 Å². The second-order valence-electron chi connectivity index (χ2n) is 5.12. The van der Waals surface area contributed by atoms with Gasteiger partial charge in [-0.3, -0.25) is 0 Å². The number of hydrogen-bond acceptors (Lipinski definition) is 4. The van der Waals surface area contributed by atoms with Gasteiger partial charge in [0.2, 0.25) is 15.8 Å². The Morgan fingerprint density at radius 3 is 2.30 bits per heavy atom. The Morgan fingerprint density at radius 2 is 1.95 bits per heavy atom. The van der Waals surface area contributed by atoms with E-state index in [0.29, 0.717) is 6.54 Å². The van der Waals surface area contributed by atoms with Crippen molar-refractivity contribution < 1.29 is 22.7 Å². The zero-order valence-corrected chi connectivity index (χ0v) is 14.2. The number of carbonyl (C=O) groups is 1. The Labute approximate surface area is 126 Å². The van der Waals surface area contributed by atoms with Crippen LogP contribution in [-0.2, 0) is 10.0 Å². The lowest BCUT2D eigenvalue weighted by molar-refractivity contribution is 0.0661. The second kappa shape index (κ2) is 6.28. The summed E-state index contributed by atoms with van der Waals surface area (Å²) in [5, 5.41) is 8.86. The number of hydrogen-bond donors (Lipinski definition) is 1. The maximum atomic E-state index is 12.6. The van der Waals surface area contributed by atoms with Crippen LogP contribution in [0.15, 0.2) is 20.0 Å². The van der Waals surface area contributed by atoms with Crippen LogP contribution in [0.2, 0.25) is 0 Å². The Bertz CT molecular complexity index is 591. The van der Waals surface area contributed by atoms with Crippen LogP contribution < -0.4 is 0 Å². The van der Waals surface area contributed by atoms with Crippen molar-refractivity contribution in [3.05, 3.63) is 16.5 Å². The number of carboxylic acid groups (broad SMARTS) is 1. The Morgan fingerprint density at radius 1 is 1.40 bits per heavy atom. The van der Waals surface area contributed by atoms with Crippen LogP contribution in [0.1, 0.15) is 38.2 Å². The van der Waals surface area contributed by atoms with Gasteiger partial charge < -0.3 is 9.52 Å². The van der Waals surface area contributed by atoms with Crippen molar-refractivity contribution in [3.63, 3.8) is 0 Å². The van der Waals surface area contributed by atoms with E-state index in [4.69, 9.17) is 9.52 Å². The number of nitrogens with zero attached hydrogens (tertiary/aromatic N) is 1. The predicted molar refractivity (Wildman–Crippen MR) is 77.2 cm³/mol. The number of rotatable bonds is 6. The highest BCUT2D eigenvalue weighted by molar-refractivity contribution is 9.10. The molecule has 0 unspecified atom stereocenters. The molecule has 0 aliphatic rings. The van der Waals surface area contributed by atoms with E-state index in [0.717, 1.165) is 6.07 Å². The molecule has 0 saturated heterocycles. The summed E-state index contributed by atoms with van der Waals surface area (Å²) in [4.78, 5) is 10.7. The van der Waals surface area contributed by atoms with E-state index in [1.54, 1.807) is 13.8 Å². The van der Waals surface area contributed by atoms with Crippen LogP contribution in [-0.4, -0.2) is 36.4 Å². The van der Waals surface area contributed by atoms with E-state index in [9.17, 15) is 13.2 Å². The minimum Gasteiger partial charge on any atom is -0.475 e. The highest BCUT2D eigenvalue weighted by Gasteiger charge is 2.32. The second-order valence-corrected chi connectivity index (χ2v) is 7.70. The average molecular weight is 368 g/mol. The minimum absolute atomic E-state index is 0.0932. The van der Waals surface area contributed by atoms with Crippen molar-refractivity contribution in [1.29, 1.82) is 0 Å². The number of aromatic carboxylic acids is 1. The standard InChI is InChI=1S/C12H18BrNO5S/c1-7(2)6-14(8(3)4)20(17,18)10-5-9(12(15)16)19-11(10)13/h5,7-8H,6H2,1-4H3,(H,15,16). The number of halogens is 1. The molecule has 1 heterocycles. The van der Waals surface area contributed by atoms with E-state index in [2.05, 4.69) is 15.9 Å². The van der Waals surface area contributed by atoms with Gasteiger partial charge in [0.15, 0.2) is 4.67 Å². The average Bonchev–Trinajstić information content (AvgIpc) is 2.68. The highest BCUT2D eigenvalue weighted by atomic mass is 79.9. The summed E-state index contributed by atoms with van der Waals surface area (Å²) in [5.74, 6) is -1.58. The molecule has 0 spiro atoms. The van der Waals surface area contributed by atoms with Gasteiger partial charge in [0, 0.05) is 18.7 Å². The van der Waals surface area contributed by atoms with Crippen molar-refractivity contribution in [2.45, 2.75) is 38.6 Å². The molecule has 0 saturated carbocycles. The quantitative estimate of drug-likeness (QED) is 0.834. The molecule has 1 rings (SSSR count). The lowest BCUT2D eigenvalue weighted by atomic mass is 10.2. The molecule has 0 amide bonds. The Balaban J connectivity index is 3.29. The van der Waals surface area contributed by atoms with Crippen LogP contribution in [0.25, 0.3) is 0 Å². The van der Waals surface area contributed by atoms with Crippen molar-refractivity contribution in [1.82, 2.24) is 4.31 Å². The van der Waals surface area contributed by atoms with Crippen molar-refractivity contribution in [2.24, 2.45) is 5.92 Å². The summed E-state index contributed by atoms with van der Waals surface area (Å²) in [6.45, 7) is 7.72. The predicted octanol–water partition coefficient (Wildman–Crippen LogP) is 2.80. The fraction of sp³-hybridized carbons (Fsp3) is 0.583. The lowest BCUT2D eigenvalue weighted by Gasteiger charge is -2.27. The molecule has 1 aromatic rings.